The van der Waals surface area contributed by atoms with Gasteiger partial charge in [-0.1, -0.05) is 18.2 Å². The molecule has 1 amide bonds. The van der Waals surface area contributed by atoms with E-state index in [9.17, 15) is 28.4 Å². The van der Waals surface area contributed by atoms with Gasteiger partial charge in [-0.3, -0.25) is 19.8 Å². The predicted octanol–water partition coefficient (Wildman–Crippen LogP) is 8.63. The normalized spacial score (nSPS) is 25.4. The summed E-state index contributed by atoms with van der Waals surface area (Å²) in [6.07, 6.45) is 10.1. The molecule has 2 saturated carbocycles. The number of benzene rings is 3. The lowest BCUT2D eigenvalue weighted by molar-refractivity contribution is -0.384. The number of fused-ring (bicyclic) bond motifs is 3. The van der Waals surface area contributed by atoms with Crippen LogP contribution in [0.25, 0.3) is 11.0 Å². The highest BCUT2D eigenvalue weighted by Gasteiger charge is 2.50. The number of aliphatic hydroxyl groups is 1. The molecule has 5 fully saturated rings. The van der Waals surface area contributed by atoms with E-state index in [0.29, 0.717) is 68.0 Å². The molecule has 1 spiro atoms. The number of para-hydroxylation sites is 1. The van der Waals surface area contributed by atoms with Crippen LogP contribution in [-0.2, 0) is 19.5 Å². The number of hydrogen-bond donors (Lipinski definition) is 4. The third-order valence-corrected chi connectivity index (χ3v) is 17.9. The first kappa shape index (κ1) is 50.2. The lowest BCUT2D eigenvalue weighted by Crippen LogP contribution is -2.56. The van der Waals surface area contributed by atoms with Gasteiger partial charge in [-0.2, -0.15) is 4.98 Å². The topological polar surface area (TPSA) is 214 Å². The van der Waals surface area contributed by atoms with Crippen LogP contribution in [-0.4, -0.2) is 122 Å². The van der Waals surface area contributed by atoms with Crippen molar-refractivity contribution < 1.29 is 42.2 Å². The van der Waals surface area contributed by atoms with Crippen LogP contribution < -0.4 is 29.3 Å². The maximum Gasteiger partial charge on any atom is 0.293 e. The number of hydrogen-bond acceptors (Lipinski definition) is 15. The van der Waals surface area contributed by atoms with Crippen molar-refractivity contribution in [2.24, 2.45) is 11.3 Å². The van der Waals surface area contributed by atoms with Crippen LogP contribution in [0.2, 0.25) is 0 Å². The van der Waals surface area contributed by atoms with E-state index in [4.69, 9.17) is 23.9 Å². The molecule has 2 aromatic heterocycles. The maximum atomic E-state index is 14.7. The zero-order valence-electron chi connectivity index (χ0n) is 42.5. The molecule has 6 heterocycles. The highest BCUT2D eigenvalue weighted by atomic mass is 32.2. The molecule has 11 rings (SSSR count). The molecule has 0 bridgehead atoms. The smallest absolute Gasteiger partial charge is 0.293 e. The minimum Gasteiger partial charge on any atom is -0.491 e. The van der Waals surface area contributed by atoms with Crippen molar-refractivity contribution >= 4 is 55.4 Å². The molecule has 4 N–H and O–H groups in total. The largest absolute Gasteiger partial charge is 0.491 e. The Morgan fingerprint density at radius 2 is 1.74 bits per heavy atom. The number of piperidine rings is 1. The number of anilines is 4. The van der Waals surface area contributed by atoms with E-state index in [0.717, 1.165) is 94.1 Å². The van der Waals surface area contributed by atoms with Gasteiger partial charge in [0, 0.05) is 74.1 Å². The number of pyridine rings is 1. The van der Waals surface area contributed by atoms with Gasteiger partial charge in [-0.15, -0.1) is 0 Å². The fourth-order valence-electron chi connectivity index (χ4n) is 12.4. The lowest BCUT2D eigenvalue weighted by atomic mass is 9.59. The van der Waals surface area contributed by atoms with Crippen LogP contribution in [0, 0.1) is 21.4 Å². The maximum absolute atomic E-state index is 14.7. The number of sulfonamides is 1. The van der Waals surface area contributed by atoms with E-state index in [1.54, 1.807) is 12.3 Å². The third kappa shape index (κ3) is 10.1. The van der Waals surface area contributed by atoms with Gasteiger partial charge in [-0.05, 0) is 138 Å². The summed E-state index contributed by atoms with van der Waals surface area (Å²) in [6.45, 7) is 11.1. The van der Waals surface area contributed by atoms with E-state index < -0.39 is 37.0 Å². The Morgan fingerprint density at radius 1 is 0.959 bits per heavy atom. The number of nitro benzene ring substituents is 1. The first-order valence-corrected chi connectivity index (χ1v) is 27.9. The number of nitro groups is 1. The lowest BCUT2D eigenvalue weighted by Gasteiger charge is -2.56. The van der Waals surface area contributed by atoms with E-state index in [1.807, 2.05) is 42.2 Å². The van der Waals surface area contributed by atoms with Crippen molar-refractivity contribution in [2.75, 3.05) is 67.7 Å². The first-order valence-electron chi connectivity index (χ1n) is 26.4. The van der Waals surface area contributed by atoms with E-state index in [2.05, 4.69) is 56.9 Å². The fraction of sp³-hybridized carbons (Fsp3) is 0.527. The van der Waals surface area contributed by atoms with Gasteiger partial charge < -0.3 is 44.2 Å². The number of rotatable bonds is 13. The zero-order chi connectivity index (χ0) is 51.4. The average Bonchev–Trinajstić information content (AvgIpc) is 3.70. The van der Waals surface area contributed by atoms with Gasteiger partial charge in [0.2, 0.25) is 5.88 Å². The number of H-pyrrole nitrogens is 1. The van der Waals surface area contributed by atoms with Crippen LogP contribution >= 0.6 is 0 Å². The number of carbonyl (C=O) groups excluding carboxylic acids is 1. The molecule has 18 nitrogen and oxygen atoms in total. The Morgan fingerprint density at radius 3 is 2.53 bits per heavy atom. The summed E-state index contributed by atoms with van der Waals surface area (Å²) in [5.41, 5.74) is 3.13. The minimum atomic E-state index is -4.63. The Bertz CT molecular complexity index is 2990. The summed E-state index contributed by atoms with van der Waals surface area (Å²) in [4.78, 5) is 41.2. The number of nitrogens with one attached hydrogen (secondary N) is 3. The van der Waals surface area contributed by atoms with E-state index >= 15 is 0 Å². The van der Waals surface area contributed by atoms with Crippen LogP contribution in [0.4, 0.5) is 28.4 Å². The Balaban J connectivity index is 0.861. The second-order valence-corrected chi connectivity index (χ2v) is 23.7. The van der Waals surface area contributed by atoms with Gasteiger partial charge in [-0.25, -0.2) is 13.1 Å². The molecule has 74 heavy (non-hydrogen) atoms. The Labute approximate surface area is 432 Å². The summed E-state index contributed by atoms with van der Waals surface area (Å²) in [7, 11) is -4.63. The molecule has 0 unspecified atom stereocenters. The molecule has 2 aliphatic carbocycles. The monoisotopic (exact) mass is 1030 g/mol. The van der Waals surface area contributed by atoms with E-state index in [1.165, 1.54) is 17.7 Å². The van der Waals surface area contributed by atoms with Crippen LogP contribution in [0.3, 0.4) is 0 Å². The van der Waals surface area contributed by atoms with Crippen molar-refractivity contribution in [3.05, 3.63) is 100 Å². The summed E-state index contributed by atoms with van der Waals surface area (Å²) in [6, 6.07) is 21.6. The molecule has 5 aromatic rings. The van der Waals surface area contributed by atoms with Gasteiger partial charge in [0.15, 0.2) is 0 Å². The SMILES string of the molecule is CC(C)Oc1ccccc1[C@@H]1COCCCN1C1CC2(CCN(c3ccc(C(=O)NS(=O)(=O)c4ccc(NCC5CCC(C)(O)CC5)c([N+](=O)[O-])c4)c(N4c5cc6cc[nH]c6nc5O[C@@H]5CCOC[C@H]54)c3)CC2)C1. The minimum absolute atomic E-state index is 0.0632. The molecule has 4 aliphatic heterocycles. The van der Waals surface area contributed by atoms with Gasteiger partial charge in [0.1, 0.15) is 28.9 Å². The predicted molar refractivity (Wildman–Crippen MR) is 281 cm³/mol. The summed E-state index contributed by atoms with van der Waals surface area (Å²) in [5, 5.41) is 26.8. The average molecular weight is 1030 g/mol. The van der Waals surface area contributed by atoms with Crippen LogP contribution in [0.1, 0.15) is 107 Å². The second kappa shape index (κ2) is 20.3. The number of nitrogens with zero attached hydrogens (tertiary/aromatic N) is 5. The standard InChI is InChI=1S/C55H68N8O10S/c1-35(2)72-49-8-5-4-7-41(49)47-33-70-25-6-22-61(47)39-30-55(31-39)19-23-60(24-20-55)38-9-11-42(44(28-38)62-46-27-37-15-21-56-51(37)58-53(46)73-50-16-26-71-34-48(50)62)52(64)59-74(68,69)40-10-12-43(45(29-40)63(66)67)57-32-36-13-17-54(3,65)18-14-36/h4-5,7-12,15,21,27-29,35-36,39,47-48,50,57,65H,6,13-14,16-20,22-26,30-34H2,1-3H3,(H,56,58)(H,59,64)/t36?,47-,48+,50+,54?/m0/s1. The molecular weight excluding hydrogens is 965 g/mol. The highest BCUT2D eigenvalue weighted by molar-refractivity contribution is 7.90. The third-order valence-electron chi connectivity index (χ3n) is 16.6. The summed E-state index contributed by atoms with van der Waals surface area (Å²) < 4.78 is 55.8. The molecule has 3 saturated heterocycles. The molecule has 19 heteroatoms. The Kier molecular flexibility index (Phi) is 13.7. The van der Waals surface area contributed by atoms with Crippen molar-refractivity contribution in [1.29, 1.82) is 0 Å². The molecule has 3 atom stereocenters. The number of amides is 1. The fourth-order valence-corrected chi connectivity index (χ4v) is 13.4. The van der Waals surface area contributed by atoms with Crippen molar-refractivity contribution in [1.82, 2.24) is 19.6 Å². The summed E-state index contributed by atoms with van der Waals surface area (Å²) >= 11 is 0. The Hall–Kier alpha value is -5.99. The number of aromatic nitrogens is 2. The van der Waals surface area contributed by atoms with Crippen molar-refractivity contribution in [2.45, 2.75) is 126 Å². The molecular formula is C55H68N8O10S. The van der Waals surface area contributed by atoms with Gasteiger partial charge in [0.25, 0.3) is 21.6 Å². The van der Waals surface area contributed by atoms with E-state index in [-0.39, 0.29) is 53.5 Å². The van der Waals surface area contributed by atoms with Crippen molar-refractivity contribution in [3.8, 4) is 11.6 Å². The van der Waals surface area contributed by atoms with Crippen molar-refractivity contribution in [3.63, 3.8) is 0 Å². The zero-order valence-corrected chi connectivity index (χ0v) is 43.3. The molecule has 0 radical (unpaired) electrons. The second-order valence-electron chi connectivity index (χ2n) is 22.0. The number of carbonyl (C=O) groups is 1. The quantitative estimate of drug-likeness (QED) is 0.0642. The highest BCUT2D eigenvalue weighted by Crippen LogP contribution is 2.54. The van der Waals surface area contributed by atoms with Gasteiger partial charge in [0.05, 0.1) is 64.7 Å². The molecule has 394 valence electrons. The summed E-state index contributed by atoms with van der Waals surface area (Å²) in [5.74, 6) is 0.606. The number of ether oxygens (including phenoxy) is 4. The first-order chi connectivity index (χ1) is 35.6. The number of aromatic amines is 1. The van der Waals surface area contributed by atoms with Crippen LogP contribution in [0.15, 0.2) is 83.9 Å². The van der Waals surface area contributed by atoms with Crippen LogP contribution in [0.5, 0.6) is 11.6 Å². The molecule has 6 aliphatic rings. The molecule has 3 aromatic carbocycles. The van der Waals surface area contributed by atoms with Gasteiger partial charge >= 0.3 is 0 Å².